The van der Waals surface area contributed by atoms with Gasteiger partial charge in [-0.05, 0) is 30.4 Å². The second-order valence-electron chi connectivity index (χ2n) is 8.51. The van der Waals surface area contributed by atoms with E-state index in [-0.39, 0.29) is 35.4 Å². The van der Waals surface area contributed by atoms with Crippen molar-refractivity contribution in [1.82, 2.24) is 0 Å². The fourth-order valence-electron chi connectivity index (χ4n) is 4.34. The van der Waals surface area contributed by atoms with Crippen LogP contribution in [0.4, 0.5) is 13.2 Å². The van der Waals surface area contributed by atoms with Crippen LogP contribution < -0.4 is 0 Å². The van der Waals surface area contributed by atoms with Gasteiger partial charge < -0.3 is 4.74 Å². The number of carbonyl (C=O) groups excluding carboxylic acids is 2. The predicted molar refractivity (Wildman–Crippen MR) is 107 cm³/mol. The van der Waals surface area contributed by atoms with Crippen LogP contribution in [-0.4, -0.2) is 24.1 Å². The zero-order valence-corrected chi connectivity index (χ0v) is 17.2. The number of alkyl halides is 3. The molecule has 0 fully saturated rings. The molecule has 2 atom stereocenters. The van der Waals surface area contributed by atoms with E-state index in [1.807, 2.05) is 13.8 Å². The molecule has 0 spiro atoms. The van der Waals surface area contributed by atoms with Crippen LogP contribution in [0.2, 0.25) is 0 Å². The first-order valence-electron chi connectivity index (χ1n) is 9.71. The van der Waals surface area contributed by atoms with Crippen molar-refractivity contribution >= 4 is 17.5 Å². The van der Waals surface area contributed by atoms with Gasteiger partial charge in [-0.1, -0.05) is 44.7 Å². The maximum absolute atomic E-state index is 13.8. The van der Waals surface area contributed by atoms with E-state index < -0.39 is 29.5 Å². The van der Waals surface area contributed by atoms with E-state index in [0.29, 0.717) is 17.8 Å². The average Bonchev–Trinajstić information content (AvgIpc) is 2.63. The Balaban J connectivity index is 2.24. The highest BCUT2D eigenvalue weighted by Crippen LogP contribution is 2.50. The Labute approximate surface area is 173 Å². The monoisotopic (exact) mass is 419 g/mol. The van der Waals surface area contributed by atoms with Gasteiger partial charge in [0.05, 0.1) is 5.56 Å². The van der Waals surface area contributed by atoms with Crippen LogP contribution in [-0.2, 0) is 20.5 Å². The summed E-state index contributed by atoms with van der Waals surface area (Å²) in [5.74, 6) is -3.21. The van der Waals surface area contributed by atoms with E-state index in [4.69, 9.17) is 4.74 Å². The number of carbonyl (C=O) groups is 2. The van der Waals surface area contributed by atoms with E-state index in [1.165, 1.54) is 24.3 Å². The summed E-state index contributed by atoms with van der Waals surface area (Å²) >= 11 is 0. The van der Waals surface area contributed by atoms with Gasteiger partial charge in [0.2, 0.25) is 0 Å². The second kappa shape index (κ2) is 7.85. The molecule has 4 nitrogen and oxygen atoms in total. The Hall–Kier alpha value is -2.70. The summed E-state index contributed by atoms with van der Waals surface area (Å²) in [6, 6.07) is 5.08. The number of benzene rings is 1. The maximum Gasteiger partial charge on any atom is 0.416 e. The van der Waals surface area contributed by atoms with Gasteiger partial charge in [-0.15, -0.1) is 0 Å². The first-order valence-corrected chi connectivity index (χ1v) is 9.71. The largest absolute Gasteiger partial charge is 0.461 e. The van der Waals surface area contributed by atoms with Crippen molar-refractivity contribution in [3.8, 4) is 0 Å². The molecule has 0 bridgehead atoms. The summed E-state index contributed by atoms with van der Waals surface area (Å²) < 4.78 is 46.6. The number of ether oxygens (including phenoxy) is 1. The molecule has 160 valence electrons. The van der Waals surface area contributed by atoms with Crippen molar-refractivity contribution in [2.45, 2.75) is 45.7 Å². The van der Waals surface area contributed by atoms with E-state index in [0.717, 1.165) is 6.07 Å². The fraction of sp³-hybridized carbons (Fsp3) is 0.435. The maximum atomic E-state index is 13.8. The number of Topliss-reactive ketones (excluding diaryl/α,β-unsaturated/α-hetero) is 1. The summed E-state index contributed by atoms with van der Waals surface area (Å²) in [6.45, 7) is 8.85. The molecule has 0 saturated heterocycles. The molecule has 1 unspecified atom stereocenters. The molecule has 1 aliphatic carbocycles. The molecule has 30 heavy (non-hydrogen) atoms. The number of aliphatic imine (C=N–C) groups is 1. The number of hydrogen-bond donors (Lipinski definition) is 0. The van der Waals surface area contributed by atoms with Gasteiger partial charge >= 0.3 is 12.1 Å². The molecular weight excluding hydrogens is 395 g/mol. The number of ketones is 1. The zero-order valence-electron chi connectivity index (χ0n) is 17.2. The van der Waals surface area contributed by atoms with Crippen molar-refractivity contribution in [1.29, 1.82) is 0 Å². The molecular formula is C23H24F3NO3. The third-order valence-corrected chi connectivity index (χ3v) is 5.50. The highest BCUT2D eigenvalue weighted by molar-refractivity contribution is 6.09. The van der Waals surface area contributed by atoms with Crippen LogP contribution in [0, 0.1) is 11.3 Å². The number of rotatable bonds is 4. The summed E-state index contributed by atoms with van der Waals surface area (Å²) in [6.07, 6.45) is -2.62. The summed E-state index contributed by atoms with van der Waals surface area (Å²) in [7, 11) is 0. The lowest BCUT2D eigenvalue weighted by Gasteiger charge is -2.39. The van der Waals surface area contributed by atoms with Gasteiger partial charge in [-0.3, -0.25) is 14.6 Å². The lowest BCUT2D eigenvalue weighted by Crippen LogP contribution is -2.40. The number of hydrogen-bond acceptors (Lipinski definition) is 4. The van der Waals surface area contributed by atoms with Gasteiger partial charge in [0.1, 0.15) is 12.5 Å². The third-order valence-electron chi connectivity index (χ3n) is 5.50. The lowest BCUT2D eigenvalue weighted by atomic mass is 9.66. The summed E-state index contributed by atoms with van der Waals surface area (Å²) in [4.78, 5) is 30.5. The number of nitrogens with zero attached hydrogens (tertiary/aromatic N) is 1. The van der Waals surface area contributed by atoms with Crippen molar-refractivity contribution < 1.29 is 27.5 Å². The van der Waals surface area contributed by atoms with Crippen LogP contribution in [0.25, 0.3) is 0 Å². The molecule has 7 heteroatoms. The van der Waals surface area contributed by atoms with Crippen LogP contribution in [0.1, 0.15) is 50.7 Å². The van der Waals surface area contributed by atoms with Crippen molar-refractivity contribution in [2.75, 3.05) is 6.61 Å². The van der Waals surface area contributed by atoms with E-state index in [1.54, 1.807) is 6.92 Å². The Morgan fingerprint density at radius 3 is 2.60 bits per heavy atom. The smallest absolute Gasteiger partial charge is 0.416 e. The lowest BCUT2D eigenvalue weighted by molar-refractivity contribution is -0.146. The summed E-state index contributed by atoms with van der Waals surface area (Å²) in [5.41, 5.74) is -0.337. The average molecular weight is 419 g/mol. The molecule has 0 amide bonds. The summed E-state index contributed by atoms with van der Waals surface area (Å²) in [5, 5.41) is 0. The molecule has 0 N–H and O–H groups in total. The first kappa shape index (κ1) is 22.0. The molecule has 2 aliphatic rings. The Morgan fingerprint density at radius 2 is 1.97 bits per heavy atom. The predicted octanol–water partition coefficient (Wildman–Crippen LogP) is 5.25. The van der Waals surface area contributed by atoms with Crippen molar-refractivity contribution in [3.05, 3.63) is 59.3 Å². The molecule has 0 radical (unpaired) electrons. The highest BCUT2D eigenvalue weighted by Gasteiger charge is 2.48. The van der Waals surface area contributed by atoms with Gasteiger partial charge in [-0.25, -0.2) is 0 Å². The fourth-order valence-corrected chi connectivity index (χ4v) is 4.34. The van der Waals surface area contributed by atoms with Crippen molar-refractivity contribution in [2.24, 2.45) is 16.3 Å². The standard InChI is InChI=1S/C23H24F3NO3/c1-5-10-30-21(29)18-13(2)27-16-11-22(3,4)12-17(28)20(16)19(18)14-8-6-7-9-15(14)23(24,25)26/h5-9,18-19H,1,10-12H2,2-4H3/t18?,19-/m0/s1. The number of esters is 1. The van der Waals surface area contributed by atoms with Gasteiger partial charge in [0.15, 0.2) is 5.78 Å². The van der Waals surface area contributed by atoms with Crippen molar-refractivity contribution in [3.63, 3.8) is 0 Å². The zero-order chi connectivity index (χ0) is 22.3. The van der Waals surface area contributed by atoms with Gasteiger partial charge in [0, 0.05) is 29.3 Å². The minimum atomic E-state index is -4.63. The Morgan fingerprint density at radius 1 is 1.30 bits per heavy atom. The normalized spacial score (nSPS) is 23.5. The highest BCUT2D eigenvalue weighted by atomic mass is 19.4. The number of allylic oxidation sites excluding steroid dienone is 2. The van der Waals surface area contributed by atoms with E-state index in [2.05, 4.69) is 11.6 Å². The van der Waals surface area contributed by atoms with Gasteiger partial charge in [0.25, 0.3) is 0 Å². The first-order chi connectivity index (χ1) is 14.0. The van der Waals surface area contributed by atoms with E-state index >= 15 is 0 Å². The molecule has 0 saturated carbocycles. The second-order valence-corrected chi connectivity index (χ2v) is 8.51. The van der Waals surface area contributed by atoms with Crippen LogP contribution in [0.3, 0.4) is 0 Å². The topological polar surface area (TPSA) is 55.7 Å². The minimum Gasteiger partial charge on any atom is -0.461 e. The van der Waals surface area contributed by atoms with Crippen LogP contribution >= 0.6 is 0 Å². The van der Waals surface area contributed by atoms with E-state index in [9.17, 15) is 22.8 Å². The molecule has 1 aromatic rings. The Kier molecular flexibility index (Phi) is 5.76. The quantitative estimate of drug-likeness (QED) is 0.495. The van der Waals surface area contributed by atoms with Crippen LogP contribution in [0.15, 0.2) is 53.2 Å². The Bertz CT molecular complexity index is 957. The molecule has 1 aliphatic heterocycles. The molecule has 1 heterocycles. The van der Waals surface area contributed by atoms with Crippen LogP contribution in [0.5, 0.6) is 0 Å². The van der Waals surface area contributed by atoms with Gasteiger partial charge in [-0.2, -0.15) is 13.2 Å². The third kappa shape index (κ3) is 4.11. The minimum absolute atomic E-state index is 0.0802. The SMILES string of the molecule is C=CCOC(=O)C1C(C)=NC2=C(C(=O)CC(C)(C)C2)[C@H]1c1ccccc1C(F)(F)F. The molecule has 0 aromatic heterocycles. The molecule has 1 aromatic carbocycles. The number of halogens is 3. The molecule has 3 rings (SSSR count).